The molecule has 36 heavy (non-hydrogen) atoms. The van der Waals surface area contributed by atoms with Crippen molar-refractivity contribution in [1.82, 2.24) is 14.5 Å². The quantitative estimate of drug-likeness (QED) is 0.435. The maximum Gasteiger partial charge on any atom is 0.341 e. The maximum absolute atomic E-state index is 13.6. The first-order valence-corrected chi connectivity index (χ1v) is 11.4. The van der Waals surface area contributed by atoms with Crippen LogP contribution in [0.2, 0.25) is 0 Å². The van der Waals surface area contributed by atoms with Gasteiger partial charge in [0.25, 0.3) is 5.91 Å². The second kappa shape index (κ2) is 9.50. The van der Waals surface area contributed by atoms with Gasteiger partial charge in [0.05, 0.1) is 6.04 Å². The van der Waals surface area contributed by atoms with E-state index in [4.69, 9.17) is 0 Å². The minimum atomic E-state index is -1.47. The number of hydrogen-bond acceptors (Lipinski definition) is 5. The number of fused-ring (bicyclic) bond motifs is 1. The van der Waals surface area contributed by atoms with Gasteiger partial charge in [-0.05, 0) is 22.8 Å². The molecule has 0 radical (unpaired) electrons. The third-order valence-electron chi connectivity index (χ3n) is 6.49. The molecular weight excluding hydrogens is 458 g/mol. The van der Waals surface area contributed by atoms with Crippen LogP contribution in [0.5, 0.6) is 5.75 Å². The lowest BCUT2D eigenvalue weighted by molar-refractivity contribution is 0.0623. The molecule has 2 N–H and O–H groups in total. The van der Waals surface area contributed by atoms with Crippen LogP contribution < -0.4 is 5.43 Å². The van der Waals surface area contributed by atoms with Crippen molar-refractivity contribution in [2.24, 2.45) is 0 Å². The van der Waals surface area contributed by atoms with Crippen molar-refractivity contribution < 1.29 is 19.8 Å². The third-order valence-corrected chi connectivity index (χ3v) is 6.49. The average molecular weight is 482 g/mol. The van der Waals surface area contributed by atoms with E-state index in [1.54, 1.807) is 23.4 Å². The molecule has 4 aromatic rings. The first-order chi connectivity index (χ1) is 17.5. The Hall–Kier alpha value is -4.72. The number of aromatic carboxylic acids is 1. The Labute approximate surface area is 206 Å². The third kappa shape index (κ3) is 4.13. The van der Waals surface area contributed by atoms with Gasteiger partial charge in [-0.1, -0.05) is 66.7 Å². The van der Waals surface area contributed by atoms with E-state index in [-0.39, 0.29) is 24.7 Å². The number of carboxylic acid groups (broad SMARTS) is 1. The number of rotatable bonds is 6. The van der Waals surface area contributed by atoms with E-state index in [0.717, 1.165) is 16.7 Å². The van der Waals surface area contributed by atoms with E-state index in [2.05, 4.69) is 4.98 Å². The van der Waals surface area contributed by atoms with Crippen LogP contribution in [0.3, 0.4) is 0 Å². The zero-order chi connectivity index (χ0) is 25.2. The first-order valence-electron chi connectivity index (χ1n) is 11.4. The van der Waals surface area contributed by atoms with Crippen molar-refractivity contribution in [1.29, 1.82) is 0 Å². The van der Waals surface area contributed by atoms with Crippen LogP contribution in [0.4, 0.5) is 0 Å². The molecule has 0 spiro atoms. The molecule has 8 heteroatoms. The summed E-state index contributed by atoms with van der Waals surface area (Å²) in [6.45, 7) is 0.435. The molecule has 0 saturated heterocycles. The van der Waals surface area contributed by atoms with Gasteiger partial charge in [-0.2, -0.15) is 0 Å². The number of carbonyl (C=O) groups excluding carboxylic acids is 1. The van der Waals surface area contributed by atoms with E-state index in [1.165, 1.54) is 10.8 Å². The molecule has 5 rings (SSSR count). The predicted octanol–water partition coefficient (Wildman–Crippen LogP) is 3.68. The van der Waals surface area contributed by atoms with Crippen LogP contribution in [0.15, 0.2) is 96.2 Å². The van der Waals surface area contributed by atoms with E-state index < -0.39 is 34.7 Å². The van der Waals surface area contributed by atoms with Crippen molar-refractivity contribution in [3.63, 3.8) is 0 Å². The SMILES string of the molecule is O=C(O)c1cn2c(c(O)c1=O)C(=O)N(Cc1cccnc1)CC2C(c1ccccc1)c1ccccc1. The summed E-state index contributed by atoms with van der Waals surface area (Å²) < 4.78 is 1.47. The highest BCUT2D eigenvalue weighted by Crippen LogP contribution is 2.40. The summed E-state index contributed by atoms with van der Waals surface area (Å²) in [6, 6.07) is 22.5. The van der Waals surface area contributed by atoms with Crippen molar-refractivity contribution in [2.45, 2.75) is 18.5 Å². The highest BCUT2D eigenvalue weighted by molar-refractivity contribution is 5.97. The molecule has 8 nitrogen and oxygen atoms in total. The van der Waals surface area contributed by atoms with Crippen molar-refractivity contribution in [3.8, 4) is 5.75 Å². The normalized spacial score (nSPS) is 15.1. The molecule has 2 aromatic carbocycles. The summed E-state index contributed by atoms with van der Waals surface area (Å²) in [6.07, 6.45) is 4.48. The van der Waals surface area contributed by atoms with Gasteiger partial charge in [-0.15, -0.1) is 0 Å². The van der Waals surface area contributed by atoms with Crippen LogP contribution in [0.1, 0.15) is 49.5 Å². The summed E-state index contributed by atoms with van der Waals surface area (Å²) in [5, 5.41) is 20.4. The van der Waals surface area contributed by atoms with Crippen LogP contribution in [0, 0.1) is 0 Å². The average Bonchev–Trinajstić information content (AvgIpc) is 2.90. The number of pyridine rings is 2. The molecule has 1 atom stereocenters. The van der Waals surface area contributed by atoms with E-state index in [1.807, 2.05) is 66.7 Å². The van der Waals surface area contributed by atoms with E-state index in [0.29, 0.717) is 0 Å². The van der Waals surface area contributed by atoms with Crippen molar-refractivity contribution in [2.75, 3.05) is 6.54 Å². The maximum atomic E-state index is 13.6. The van der Waals surface area contributed by atoms with Gasteiger partial charge in [0, 0.05) is 37.6 Å². The summed E-state index contributed by atoms with van der Waals surface area (Å²) in [5.41, 5.74) is 0.797. The van der Waals surface area contributed by atoms with Gasteiger partial charge < -0.3 is 19.7 Å². The number of aromatic nitrogens is 2. The largest absolute Gasteiger partial charge is 0.503 e. The smallest absolute Gasteiger partial charge is 0.341 e. The van der Waals surface area contributed by atoms with Gasteiger partial charge in [0.1, 0.15) is 5.56 Å². The van der Waals surface area contributed by atoms with Crippen LogP contribution in [-0.2, 0) is 6.54 Å². The van der Waals surface area contributed by atoms with Crippen LogP contribution >= 0.6 is 0 Å². The number of carboxylic acids is 1. The Balaban J connectivity index is 1.73. The molecular formula is C28H23N3O5. The zero-order valence-electron chi connectivity index (χ0n) is 19.2. The minimum absolute atomic E-state index is 0.216. The number of benzene rings is 2. The topological polar surface area (TPSA) is 113 Å². The zero-order valence-corrected chi connectivity index (χ0v) is 19.2. The predicted molar refractivity (Wildman–Crippen MR) is 132 cm³/mol. The molecule has 2 aromatic heterocycles. The number of nitrogens with zero attached hydrogens (tertiary/aromatic N) is 3. The molecule has 1 unspecified atom stereocenters. The van der Waals surface area contributed by atoms with Crippen molar-refractivity contribution in [3.05, 3.63) is 130 Å². The Morgan fingerprint density at radius 1 is 0.972 bits per heavy atom. The first kappa shape index (κ1) is 23.0. The standard InChI is InChI=1S/C28H23N3O5/c32-25-21(28(35)36)16-31-22(23(19-9-3-1-4-10-19)20-11-5-2-6-12-20)17-30(27(34)24(31)26(25)33)15-18-8-7-13-29-14-18/h1-14,16,22-23,33H,15,17H2,(H,35,36). The van der Waals surface area contributed by atoms with E-state index in [9.17, 15) is 24.6 Å². The van der Waals surface area contributed by atoms with Gasteiger partial charge in [-0.3, -0.25) is 14.6 Å². The van der Waals surface area contributed by atoms with Crippen LogP contribution in [-0.4, -0.2) is 43.1 Å². The Kier molecular flexibility index (Phi) is 6.08. The van der Waals surface area contributed by atoms with Gasteiger partial charge in [0.15, 0.2) is 11.4 Å². The molecule has 0 bridgehead atoms. The number of hydrogen-bond donors (Lipinski definition) is 2. The molecule has 1 aliphatic rings. The minimum Gasteiger partial charge on any atom is -0.503 e. The highest BCUT2D eigenvalue weighted by atomic mass is 16.4. The van der Waals surface area contributed by atoms with Gasteiger partial charge in [0.2, 0.25) is 5.43 Å². The molecule has 0 aliphatic carbocycles. The summed E-state index contributed by atoms with van der Waals surface area (Å²) in [4.78, 5) is 43.8. The highest BCUT2D eigenvalue weighted by Gasteiger charge is 2.39. The van der Waals surface area contributed by atoms with Crippen LogP contribution in [0.25, 0.3) is 0 Å². The number of carbonyl (C=O) groups is 2. The second-order valence-electron chi connectivity index (χ2n) is 8.69. The monoisotopic (exact) mass is 481 g/mol. The molecule has 0 saturated carbocycles. The summed E-state index contributed by atoms with van der Waals surface area (Å²) in [7, 11) is 0. The summed E-state index contributed by atoms with van der Waals surface area (Å²) >= 11 is 0. The fourth-order valence-electron chi connectivity index (χ4n) is 4.86. The fourth-order valence-corrected chi connectivity index (χ4v) is 4.86. The Morgan fingerprint density at radius 2 is 1.61 bits per heavy atom. The molecule has 180 valence electrons. The lowest BCUT2D eigenvalue weighted by atomic mass is 9.83. The molecule has 1 aliphatic heterocycles. The molecule has 3 heterocycles. The Bertz CT molecular complexity index is 1430. The number of aromatic hydroxyl groups is 1. The van der Waals surface area contributed by atoms with Gasteiger partial charge >= 0.3 is 5.97 Å². The lowest BCUT2D eigenvalue weighted by Crippen LogP contribution is -2.46. The number of amides is 1. The fraction of sp³-hybridized carbons (Fsp3) is 0.143. The summed E-state index contributed by atoms with van der Waals surface area (Å²) in [5.74, 6) is -3.19. The Morgan fingerprint density at radius 3 is 2.17 bits per heavy atom. The lowest BCUT2D eigenvalue weighted by Gasteiger charge is -2.40. The van der Waals surface area contributed by atoms with E-state index >= 15 is 0 Å². The van der Waals surface area contributed by atoms with Gasteiger partial charge in [-0.25, -0.2) is 4.79 Å². The molecule has 1 amide bonds. The molecule has 0 fully saturated rings. The van der Waals surface area contributed by atoms with Crippen molar-refractivity contribution >= 4 is 11.9 Å². The second-order valence-corrected chi connectivity index (χ2v) is 8.69.